The number of carbonyl (C=O) groups excluding carboxylic acids is 2. The quantitative estimate of drug-likeness (QED) is 0.478. The van der Waals surface area contributed by atoms with Gasteiger partial charge in [0.05, 0.1) is 12.0 Å². The van der Waals surface area contributed by atoms with Gasteiger partial charge >= 0.3 is 5.97 Å². The molecule has 24 heavy (non-hydrogen) atoms. The monoisotopic (exact) mass is 392 g/mol. The van der Waals surface area contributed by atoms with Crippen molar-refractivity contribution >= 4 is 33.5 Å². The molecular weight excluding hydrogens is 380 g/mol. The third kappa shape index (κ3) is 4.17. The Balaban J connectivity index is 2.22. The zero-order valence-electron chi connectivity index (χ0n) is 12.6. The molecule has 0 bridgehead atoms. The SMILES string of the molecule is COC(=O)C(NC(=O)c1ccc([N+](=O)[O-])cc1)c1ccc(Br)cc1. The molecule has 2 aromatic carbocycles. The molecule has 1 amide bonds. The normalized spacial score (nSPS) is 11.4. The lowest BCUT2D eigenvalue weighted by molar-refractivity contribution is -0.384. The minimum Gasteiger partial charge on any atom is -0.467 e. The molecule has 0 saturated carbocycles. The zero-order chi connectivity index (χ0) is 17.7. The van der Waals surface area contributed by atoms with Crippen LogP contribution in [-0.2, 0) is 9.53 Å². The van der Waals surface area contributed by atoms with Crippen molar-refractivity contribution in [2.45, 2.75) is 6.04 Å². The van der Waals surface area contributed by atoms with Gasteiger partial charge in [-0.2, -0.15) is 0 Å². The summed E-state index contributed by atoms with van der Waals surface area (Å²) in [7, 11) is 1.23. The molecule has 0 heterocycles. The van der Waals surface area contributed by atoms with Gasteiger partial charge in [-0.3, -0.25) is 14.9 Å². The van der Waals surface area contributed by atoms with Crippen molar-refractivity contribution in [1.82, 2.24) is 5.32 Å². The maximum Gasteiger partial charge on any atom is 0.333 e. The number of hydrogen-bond donors (Lipinski definition) is 1. The van der Waals surface area contributed by atoms with Crippen LogP contribution in [0.4, 0.5) is 5.69 Å². The molecule has 0 saturated heterocycles. The van der Waals surface area contributed by atoms with E-state index in [1.165, 1.54) is 31.4 Å². The number of nitrogens with one attached hydrogen (secondary N) is 1. The number of rotatable bonds is 5. The largest absolute Gasteiger partial charge is 0.467 e. The lowest BCUT2D eigenvalue weighted by Gasteiger charge is -2.17. The van der Waals surface area contributed by atoms with Gasteiger partial charge in [0, 0.05) is 22.2 Å². The first-order valence-electron chi connectivity index (χ1n) is 6.81. The van der Waals surface area contributed by atoms with Crippen molar-refractivity contribution in [2.24, 2.45) is 0 Å². The molecule has 8 heteroatoms. The number of amides is 1. The Kier molecular flexibility index (Phi) is 5.64. The Labute approximate surface area is 145 Å². The van der Waals surface area contributed by atoms with Crippen molar-refractivity contribution in [2.75, 3.05) is 7.11 Å². The van der Waals surface area contributed by atoms with Gasteiger partial charge < -0.3 is 10.1 Å². The van der Waals surface area contributed by atoms with E-state index in [-0.39, 0.29) is 11.3 Å². The second kappa shape index (κ2) is 7.69. The zero-order valence-corrected chi connectivity index (χ0v) is 14.1. The van der Waals surface area contributed by atoms with Crippen LogP contribution in [0, 0.1) is 10.1 Å². The maximum atomic E-state index is 12.3. The lowest BCUT2D eigenvalue weighted by atomic mass is 10.1. The van der Waals surface area contributed by atoms with Crippen molar-refractivity contribution < 1.29 is 19.2 Å². The molecule has 0 aromatic heterocycles. The highest BCUT2D eigenvalue weighted by Gasteiger charge is 2.24. The molecule has 0 radical (unpaired) electrons. The molecule has 0 aliphatic heterocycles. The van der Waals surface area contributed by atoms with E-state index in [0.29, 0.717) is 5.56 Å². The smallest absolute Gasteiger partial charge is 0.333 e. The number of esters is 1. The number of halogens is 1. The molecule has 1 unspecified atom stereocenters. The van der Waals surface area contributed by atoms with E-state index < -0.39 is 22.8 Å². The topological polar surface area (TPSA) is 98.5 Å². The van der Waals surface area contributed by atoms with Crippen molar-refractivity contribution in [3.8, 4) is 0 Å². The molecule has 0 aliphatic carbocycles. The van der Waals surface area contributed by atoms with E-state index in [9.17, 15) is 19.7 Å². The lowest BCUT2D eigenvalue weighted by Crippen LogP contribution is -2.34. The molecule has 7 nitrogen and oxygen atoms in total. The van der Waals surface area contributed by atoms with Crippen LogP contribution in [0.3, 0.4) is 0 Å². The first kappa shape index (κ1) is 17.6. The average molecular weight is 393 g/mol. The predicted octanol–water partition coefficient (Wildman–Crippen LogP) is 3.00. The van der Waals surface area contributed by atoms with Gasteiger partial charge in [-0.05, 0) is 29.8 Å². The number of nitrogens with zero attached hydrogens (tertiary/aromatic N) is 1. The number of nitro benzene ring substituents is 1. The van der Waals surface area contributed by atoms with Gasteiger partial charge in [-0.1, -0.05) is 28.1 Å². The summed E-state index contributed by atoms with van der Waals surface area (Å²) < 4.78 is 5.56. The number of methoxy groups -OCH3 is 1. The fraction of sp³-hybridized carbons (Fsp3) is 0.125. The summed E-state index contributed by atoms with van der Waals surface area (Å²) in [5, 5.41) is 13.2. The molecular formula is C16H13BrN2O5. The average Bonchev–Trinajstić information content (AvgIpc) is 2.59. The van der Waals surface area contributed by atoms with Crippen LogP contribution in [0.25, 0.3) is 0 Å². The summed E-state index contributed by atoms with van der Waals surface area (Å²) in [5.41, 5.74) is 0.635. The van der Waals surface area contributed by atoms with Crippen LogP contribution in [-0.4, -0.2) is 23.9 Å². The Hall–Kier alpha value is -2.74. The third-order valence-electron chi connectivity index (χ3n) is 3.26. The minimum atomic E-state index is -0.981. The van der Waals surface area contributed by atoms with Crippen molar-refractivity contribution in [3.63, 3.8) is 0 Å². The Bertz CT molecular complexity index is 759. The van der Waals surface area contributed by atoms with Crippen LogP contribution in [0.1, 0.15) is 22.0 Å². The van der Waals surface area contributed by atoms with Gasteiger partial charge in [-0.15, -0.1) is 0 Å². The number of non-ortho nitro benzene ring substituents is 1. The van der Waals surface area contributed by atoms with Crippen LogP contribution in [0.15, 0.2) is 53.0 Å². The highest BCUT2D eigenvalue weighted by atomic mass is 79.9. The fourth-order valence-electron chi connectivity index (χ4n) is 2.00. The van der Waals surface area contributed by atoms with Crippen molar-refractivity contribution in [3.05, 3.63) is 74.2 Å². The molecule has 1 atom stereocenters. The molecule has 2 aromatic rings. The van der Waals surface area contributed by atoms with E-state index in [4.69, 9.17) is 4.74 Å². The Morgan fingerprint density at radius 2 is 1.71 bits per heavy atom. The molecule has 0 spiro atoms. The molecule has 2 rings (SSSR count). The van der Waals surface area contributed by atoms with Gasteiger partial charge in [0.1, 0.15) is 0 Å². The summed E-state index contributed by atoms with van der Waals surface area (Å²) in [6, 6.07) is 11.0. The first-order valence-corrected chi connectivity index (χ1v) is 7.60. The maximum absolute atomic E-state index is 12.3. The van der Waals surface area contributed by atoms with E-state index in [1.54, 1.807) is 24.3 Å². The molecule has 124 valence electrons. The molecule has 0 aliphatic rings. The number of nitro groups is 1. The second-order valence-corrected chi connectivity index (χ2v) is 5.70. The van der Waals surface area contributed by atoms with Crippen LogP contribution < -0.4 is 5.32 Å². The second-order valence-electron chi connectivity index (χ2n) is 4.79. The highest BCUT2D eigenvalue weighted by Crippen LogP contribution is 2.19. The number of carbonyl (C=O) groups is 2. The molecule has 1 N–H and O–H groups in total. The number of benzene rings is 2. The fourth-order valence-corrected chi connectivity index (χ4v) is 2.26. The summed E-state index contributed by atoms with van der Waals surface area (Å²) in [6.07, 6.45) is 0. The minimum absolute atomic E-state index is 0.121. The van der Waals surface area contributed by atoms with E-state index in [0.717, 1.165) is 4.47 Å². The van der Waals surface area contributed by atoms with E-state index >= 15 is 0 Å². The van der Waals surface area contributed by atoms with Gasteiger partial charge in [0.2, 0.25) is 0 Å². The number of ether oxygens (including phenoxy) is 1. The Morgan fingerprint density at radius 1 is 1.12 bits per heavy atom. The summed E-state index contributed by atoms with van der Waals surface area (Å²) in [5.74, 6) is -1.16. The third-order valence-corrected chi connectivity index (χ3v) is 3.78. The van der Waals surface area contributed by atoms with E-state index in [2.05, 4.69) is 21.2 Å². The molecule has 0 fully saturated rings. The van der Waals surface area contributed by atoms with Gasteiger partial charge in [0.25, 0.3) is 11.6 Å². The first-order chi connectivity index (χ1) is 11.4. The Morgan fingerprint density at radius 3 is 2.21 bits per heavy atom. The highest BCUT2D eigenvalue weighted by molar-refractivity contribution is 9.10. The van der Waals surface area contributed by atoms with Crippen LogP contribution >= 0.6 is 15.9 Å². The van der Waals surface area contributed by atoms with Gasteiger partial charge in [0.15, 0.2) is 6.04 Å². The summed E-state index contributed by atoms with van der Waals surface area (Å²) in [4.78, 5) is 34.4. The standard InChI is InChI=1S/C16H13BrN2O5/c1-24-16(21)14(10-2-6-12(17)7-3-10)18-15(20)11-4-8-13(9-5-11)19(22)23/h2-9,14H,1H3,(H,18,20). The summed E-state index contributed by atoms with van der Waals surface area (Å²) in [6.45, 7) is 0. The van der Waals surface area contributed by atoms with Crippen LogP contribution in [0.2, 0.25) is 0 Å². The van der Waals surface area contributed by atoms with Gasteiger partial charge in [-0.25, -0.2) is 4.79 Å². The summed E-state index contributed by atoms with van der Waals surface area (Å²) >= 11 is 3.30. The number of hydrogen-bond acceptors (Lipinski definition) is 5. The predicted molar refractivity (Wildman–Crippen MR) is 89.5 cm³/mol. The van der Waals surface area contributed by atoms with E-state index in [1.807, 2.05) is 0 Å². The van der Waals surface area contributed by atoms with Crippen molar-refractivity contribution in [1.29, 1.82) is 0 Å². The van der Waals surface area contributed by atoms with Crippen LogP contribution in [0.5, 0.6) is 0 Å².